The Labute approximate surface area is 116 Å². The molecule has 1 aliphatic rings. The summed E-state index contributed by atoms with van der Waals surface area (Å²) in [6.07, 6.45) is 6.91. The van der Waals surface area contributed by atoms with Crippen molar-refractivity contribution in [3.8, 4) is 0 Å². The van der Waals surface area contributed by atoms with Gasteiger partial charge in [0.15, 0.2) is 0 Å². The molecular weight excluding hydrogens is 258 g/mol. The molecule has 0 spiro atoms. The Bertz CT molecular complexity index is 580. The van der Waals surface area contributed by atoms with E-state index >= 15 is 0 Å². The van der Waals surface area contributed by atoms with E-state index in [0.717, 1.165) is 4.90 Å². The third kappa shape index (κ3) is 2.98. The maximum atomic E-state index is 11.7. The van der Waals surface area contributed by atoms with Crippen LogP contribution in [0.5, 0.6) is 0 Å². The molecule has 0 saturated carbocycles. The van der Waals surface area contributed by atoms with Crippen molar-refractivity contribution in [3.05, 3.63) is 41.7 Å². The van der Waals surface area contributed by atoms with Crippen LogP contribution in [0.3, 0.4) is 0 Å². The standard InChI is InChI=1S/C14H15N3OS/c18-13(17-14-15-6-7-16-14)9-19-12-5-4-10-2-1-3-11(10)8-12/h4-8H,1-3,9H2,(H2,15,16,17,18). The number of carbonyl (C=O) groups is 1. The Morgan fingerprint density at radius 3 is 3.11 bits per heavy atom. The first-order chi connectivity index (χ1) is 9.31. The Kier molecular flexibility index (Phi) is 3.55. The molecule has 3 rings (SSSR count). The molecule has 1 heterocycles. The van der Waals surface area contributed by atoms with E-state index in [0.29, 0.717) is 11.7 Å². The fourth-order valence-corrected chi connectivity index (χ4v) is 3.05. The van der Waals surface area contributed by atoms with Gasteiger partial charge in [0.1, 0.15) is 0 Å². The number of thioether (sulfide) groups is 1. The summed E-state index contributed by atoms with van der Waals surface area (Å²) in [7, 11) is 0. The third-order valence-electron chi connectivity index (χ3n) is 3.20. The van der Waals surface area contributed by atoms with E-state index in [4.69, 9.17) is 0 Å². The lowest BCUT2D eigenvalue weighted by Crippen LogP contribution is -2.14. The molecule has 4 nitrogen and oxygen atoms in total. The van der Waals surface area contributed by atoms with Crippen molar-refractivity contribution in [2.75, 3.05) is 11.1 Å². The number of aryl methyl sites for hydroxylation is 2. The van der Waals surface area contributed by atoms with Gasteiger partial charge in [-0.15, -0.1) is 11.8 Å². The minimum atomic E-state index is -0.0413. The normalized spacial score (nSPS) is 13.3. The van der Waals surface area contributed by atoms with Gasteiger partial charge in [0.05, 0.1) is 5.75 Å². The third-order valence-corrected chi connectivity index (χ3v) is 4.19. The molecule has 1 aromatic carbocycles. The van der Waals surface area contributed by atoms with Gasteiger partial charge < -0.3 is 4.98 Å². The monoisotopic (exact) mass is 273 g/mol. The molecule has 0 aliphatic heterocycles. The number of H-pyrrole nitrogens is 1. The topological polar surface area (TPSA) is 57.8 Å². The first kappa shape index (κ1) is 12.3. The van der Waals surface area contributed by atoms with Gasteiger partial charge in [0, 0.05) is 17.3 Å². The van der Waals surface area contributed by atoms with Crippen molar-refractivity contribution in [3.63, 3.8) is 0 Å². The minimum Gasteiger partial charge on any atom is -0.331 e. The summed E-state index contributed by atoms with van der Waals surface area (Å²) >= 11 is 1.56. The highest BCUT2D eigenvalue weighted by atomic mass is 32.2. The Balaban J connectivity index is 1.56. The summed E-state index contributed by atoms with van der Waals surface area (Å²) in [5.74, 6) is 0.861. The van der Waals surface area contributed by atoms with Crippen LogP contribution in [0.2, 0.25) is 0 Å². The number of carbonyl (C=O) groups excluding carboxylic acids is 1. The van der Waals surface area contributed by atoms with Crippen molar-refractivity contribution < 1.29 is 4.79 Å². The van der Waals surface area contributed by atoms with E-state index < -0.39 is 0 Å². The SMILES string of the molecule is O=C(CSc1ccc2c(c1)CCC2)Nc1ncc[nH]1. The molecule has 1 aliphatic carbocycles. The summed E-state index contributed by atoms with van der Waals surface area (Å²) < 4.78 is 0. The number of rotatable bonds is 4. The quantitative estimate of drug-likeness (QED) is 0.842. The zero-order valence-electron chi connectivity index (χ0n) is 10.5. The van der Waals surface area contributed by atoms with Gasteiger partial charge in [-0.05, 0) is 42.5 Å². The van der Waals surface area contributed by atoms with Gasteiger partial charge in [0.25, 0.3) is 0 Å². The summed E-state index contributed by atoms with van der Waals surface area (Å²) in [5.41, 5.74) is 2.90. The van der Waals surface area contributed by atoms with Crippen LogP contribution in [-0.2, 0) is 17.6 Å². The predicted octanol–water partition coefficient (Wildman–Crippen LogP) is 2.63. The van der Waals surface area contributed by atoms with Crippen molar-refractivity contribution in [2.24, 2.45) is 0 Å². The Morgan fingerprint density at radius 2 is 2.26 bits per heavy atom. The number of hydrogen-bond acceptors (Lipinski definition) is 3. The average Bonchev–Trinajstić information content (AvgIpc) is 3.06. The molecule has 1 amide bonds. The van der Waals surface area contributed by atoms with Gasteiger partial charge in [0.2, 0.25) is 11.9 Å². The van der Waals surface area contributed by atoms with E-state index in [1.165, 1.54) is 30.4 Å². The second-order valence-electron chi connectivity index (χ2n) is 4.56. The summed E-state index contributed by atoms with van der Waals surface area (Å²) in [6.45, 7) is 0. The highest BCUT2D eigenvalue weighted by Crippen LogP contribution is 2.27. The van der Waals surface area contributed by atoms with Gasteiger partial charge in [-0.25, -0.2) is 4.98 Å². The number of hydrogen-bond donors (Lipinski definition) is 2. The van der Waals surface area contributed by atoms with Gasteiger partial charge in [-0.2, -0.15) is 0 Å². The molecule has 0 radical (unpaired) electrons. The van der Waals surface area contributed by atoms with Crippen LogP contribution >= 0.6 is 11.8 Å². The minimum absolute atomic E-state index is 0.0413. The Hall–Kier alpha value is -1.75. The largest absolute Gasteiger partial charge is 0.331 e. The second kappa shape index (κ2) is 5.48. The van der Waals surface area contributed by atoms with Crippen LogP contribution in [0.25, 0.3) is 0 Å². The molecule has 0 atom stereocenters. The van der Waals surface area contributed by atoms with E-state index in [9.17, 15) is 4.79 Å². The van der Waals surface area contributed by atoms with E-state index in [2.05, 4.69) is 33.5 Å². The molecule has 0 unspecified atom stereocenters. The number of benzene rings is 1. The number of aromatic amines is 1. The summed E-state index contributed by atoms with van der Waals surface area (Å²) in [4.78, 5) is 19.7. The van der Waals surface area contributed by atoms with Gasteiger partial charge in [-0.1, -0.05) is 6.07 Å². The van der Waals surface area contributed by atoms with Crippen LogP contribution < -0.4 is 5.32 Å². The number of amides is 1. The molecule has 1 aromatic heterocycles. The van der Waals surface area contributed by atoms with Crippen LogP contribution in [0, 0.1) is 0 Å². The molecule has 2 aromatic rings. The van der Waals surface area contributed by atoms with Crippen molar-refractivity contribution in [2.45, 2.75) is 24.2 Å². The number of fused-ring (bicyclic) bond motifs is 1. The van der Waals surface area contributed by atoms with Crippen LogP contribution in [-0.4, -0.2) is 21.6 Å². The fraction of sp³-hybridized carbons (Fsp3) is 0.286. The number of aromatic nitrogens is 2. The number of imidazole rings is 1. The maximum Gasteiger partial charge on any atom is 0.237 e. The van der Waals surface area contributed by atoms with Crippen LogP contribution in [0.1, 0.15) is 17.5 Å². The van der Waals surface area contributed by atoms with Crippen molar-refractivity contribution in [1.82, 2.24) is 9.97 Å². The van der Waals surface area contributed by atoms with Crippen LogP contribution in [0.15, 0.2) is 35.5 Å². The highest BCUT2D eigenvalue weighted by Gasteiger charge is 2.11. The number of anilines is 1. The molecule has 98 valence electrons. The average molecular weight is 273 g/mol. The maximum absolute atomic E-state index is 11.7. The molecule has 2 N–H and O–H groups in total. The summed E-state index contributed by atoms with van der Waals surface area (Å²) in [5, 5.41) is 2.72. The Morgan fingerprint density at radius 1 is 1.37 bits per heavy atom. The molecule has 19 heavy (non-hydrogen) atoms. The van der Waals surface area contributed by atoms with E-state index in [-0.39, 0.29) is 5.91 Å². The zero-order valence-corrected chi connectivity index (χ0v) is 11.3. The smallest absolute Gasteiger partial charge is 0.237 e. The highest BCUT2D eigenvalue weighted by molar-refractivity contribution is 8.00. The first-order valence-corrected chi connectivity index (χ1v) is 7.34. The van der Waals surface area contributed by atoms with Crippen molar-refractivity contribution >= 4 is 23.6 Å². The van der Waals surface area contributed by atoms with Gasteiger partial charge in [-0.3, -0.25) is 10.1 Å². The predicted molar refractivity (Wildman–Crippen MR) is 76.4 cm³/mol. The number of nitrogens with zero attached hydrogens (tertiary/aromatic N) is 1. The van der Waals surface area contributed by atoms with E-state index in [1.54, 1.807) is 24.2 Å². The lowest BCUT2D eigenvalue weighted by molar-refractivity contribution is -0.113. The summed E-state index contributed by atoms with van der Waals surface area (Å²) in [6, 6.07) is 6.51. The lowest BCUT2D eigenvalue weighted by Gasteiger charge is -2.05. The molecule has 0 fully saturated rings. The molecular formula is C14H15N3OS. The molecule has 5 heteroatoms. The fourth-order valence-electron chi connectivity index (χ4n) is 2.29. The molecule has 0 saturated heterocycles. The van der Waals surface area contributed by atoms with Crippen LogP contribution in [0.4, 0.5) is 5.95 Å². The molecule has 0 bridgehead atoms. The first-order valence-electron chi connectivity index (χ1n) is 6.35. The van der Waals surface area contributed by atoms with Crippen molar-refractivity contribution in [1.29, 1.82) is 0 Å². The number of nitrogens with one attached hydrogen (secondary N) is 2. The second-order valence-corrected chi connectivity index (χ2v) is 5.61. The zero-order chi connectivity index (χ0) is 13.1. The van der Waals surface area contributed by atoms with Gasteiger partial charge >= 0.3 is 0 Å². The lowest BCUT2D eigenvalue weighted by atomic mass is 10.1. The van der Waals surface area contributed by atoms with E-state index in [1.807, 2.05) is 0 Å².